The van der Waals surface area contributed by atoms with Crippen LogP contribution in [0.15, 0.2) is 48.7 Å². The van der Waals surface area contributed by atoms with E-state index < -0.39 is 0 Å². The monoisotopic (exact) mass is 393 g/mol. The molecule has 1 aromatic carbocycles. The van der Waals surface area contributed by atoms with E-state index in [0.717, 1.165) is 17.1 Å². The zero-order valence-corrected chi connectivity index (χ0v) is 16.3. The molecule has 1 aliphatic rings. The van der Waals surface area contributed by atoms with Gasteiger partial charge in [-0.05, 0) is 30.2 Å². The van der Waals surface area contributed by atoms with Crippen LogP contribution in [0.25, 0.3) is 11.4 Å². The normalized spacial score (nSPS) is 13.4. The van der Waals surface area contributed by atoms with Crippen LogP contribution in [0.2, 0.25) is 0 Å². The SMILES string of the molecule is CC(C)[C@H](CO)Nc1nc(Nc2ccc3c(c2)OCO3)cc(-c2ccccn2)n1. The van der Waals surface area contributed by atoms with Gasteiger partial charge in [0.2, 0.25) is 12.7 Å². The summed E-state index contributed by atoms with van der Waals surface area (Å²) in [4.78, 5) is 13.6. The van der Waals surface area contributed by atoms with Gasteiger partial charge in [0, 0.05) is 24.0 Å². The highest BCUT2D eigenvalue weighted by molar-refractivity contribution is 5.67. The average molecular weight is 393 g/mol. The molecule has 0 fully saturated rings. The van der Waals surface area contributed by atoms with Crippen LogP contribution >= 0.6 is 0 Å². The van der Waals surface area contributed by atoms with E-state index in [1.807, 2.05) is 56.3 Å². The van der Waals surface area contributed by atoms with Crippen LogP contribution < -0.4 is 20.1 Å². The number of fused-ring (bicyclic) bond motifs is 1. The van der Waals surface area contributed by atoms with Crippen molar-refractivity contribution in [1.29, 1.82) is 0 Å². The van der Waals surface area contributed by atoms with Crippen LogP contribution in [-0.2, 0) is 0 Å². The number of aliphatic hydroxyl groups excluding tert-OH is 1. The number of aromatic nitrogens is 3. The molecule has 8 heteroatoms. The Kier molecular flexibility index (Phi) is 5.44. The first-order valence-electron chi connectivity index (χ1n) is 9.47. The summed E-state index contributed by atoms with van der Waals surface area (Å²) in [5.41, 5.74) is 2.22. The number of pyridine rings is 1. The van der Waals surface area contributed by atoms with E-state index in [4.69, 9.17) is 9.47 Å². The molecular weight excluding hydrogens is 370 g/mol. The number of nitrogens with one attached hydrogen (secondary N) is 2. The Labute approximate surface area is 169 Å². The summed E-state index contributed by atoms with van der Waals surface area (Å²) in [5, 5.41) is 16.2. The highest BCUT2D eigenvalue weighted by Gasteiger charge is 2.17. The summed E-state index contributed by atoms with van der Waals surface area (Å²) in [7, 11) is 0. The third kappa shape index (κ3) is 4.38. The van der Waals surface area contributed by atoms with Gasteiger partial charge in [0.15, 0.2) is 11.5 Å². The number of aliphatic hydroxyl groups is 1. The maximum absolute atomic E-state index is 9.67. The molecule has 8 nitrogen and oxygen atoms in total. The molecule has 0 amide bonds. The van der Waals surface area contributed by atoms with Gasteiger partial charge in [-0.2, -0.15) is 4.98 Å². The molecule has 2 aromatic heterocycles. The molecule has 3 N–H and O–H groups in total. The molecule has 29 heavy (non-hydrogen) atoms. The summed E-state index contributed by atoms with van der Waals surface area (Å²) in [6.45, 7) is 4.27. The maximum atomic E-state index is 9.67. The Bertz CT molecular complexity index is 981. The van der Waals surface area contributed by atoms with Gasteiger partial charge in [-0.15, -0.1) is 0 Å². The molecule has 0 unspecified atom stereocenters. The fourth-order valence-corrected chi connectivity index (χ4v) is 2.93. The maximum Gasteiger partial charge on any atom is 0.231 e. The number of rotatable bonds is 7. The van der Waals surface area contributed by atoms with E-state index in [2.05, 4.69) is 25.6 Å². The topological polar surface area (TPSA) is 101 Å². The largest absolute Gasteiger partial charge is 0.454 e. The highest BCUT2D eigenvalue weighted by Crippen LogP contribution is 2.35. The van der Waals surface area contributed by atoms with Crippen LogP contribution in [0.5, 0.6) is 11.5 Å². The van der Waals surface area contributed by atoms with E-state index in [1.54, 1.807) is 6.20 Å². The third-order valence-electron chi connectivity index (χ3n) is 4.61. The van der Waals surface area contributed by atoms with Gasteiger partial charge in [0.1, 0.15) is 5.82 Å². The summed E-state index contributed by atoms with van der Waals surface area (Å²) < 4.78 is 10.8. The Morgan fingerprint density at radius 2 is 1.90 bits per heavy atom. The number of benzene rings is 1. The van der Waals surface area contributed by atoms with Gasteiger partial charge in [0.05, 0.1) is 24.0 Å². The lowest BCUT2D eigenvalue weighted by Gasteiger charge is -2.20. The highest BCUT2D eigenvalue weighted by atomic mass is 16.7. The van der Waals surface area contributed by atoms with Gasteiger partial charge < -0.3 is 25.2 Å². The number of anilines is 3. The summed E-state index contributed by atoms with van der Waals surface area (Å²) in [5.74, 6) is 2.64. The Balaban J connectivity index is 1.67. The van der Waals surface area contributed by atoms with Crippen LogP contribution in [0.1, 0.15) is 13.8 Å². The molecule has 150 valence electrons. The van der Waals surface area contributed by atoms with Crippen molar-refractivity contribution in [2.75, 3.05) is 24.0 Å². The molecule has 3 heterocycles. The van der Waals surface area contributed by atoms with E-state index in [9.17, 15) is 5.11 Å². The zero-order valence-electron chi connectivity index (χ0n) is 16.3. The number of hydrogen-bond acceptors (Lipinski definition) is 8. The van der Waals surface area contributed by atoms with Crippen molar-refractivity contribution in [3.05, 3.63) is 48.7 Å². The van der Waals surface area contributed by atoms with E-state index >= 15 is 0 Å². The van der Waals surface area contributed by atoms with Crippen molar-refractivity contribution >= 4 is 17.5 Å². The molecule has 0 radical (unpaired) electrons. The second-order valence-corrected chi connectivity index (χ2v) is 7.05. The third-order valence-corrected chi connectivity index (χ3v) is 4.61. The van der Waals surface area contributed by atoms with Crippen molar-refractivity contribution in [3.8, 4) is 22.9 Å². The average Bonchev–Trinajstić information content (AvgIpc) is 3.20. The minimum absolute atomic E-state index is 0.0141. The minimum Gasteiger partial charge on any atom is -0.454 e. The second-order valence-electron chi connectivity index (χ2n) is 7.05. The fraction of sp³-hybridized carbons (Fsp3) is 0.286. The number of nitrogens with zero attached hydrogens (tertiary/aromatic N) is 3. The number of ether oxygens (including phenoxy) is 2. The van der Waals surface area contributed by atoms with Gasteiger partial charge in [-0.3, -0.25) is 4.98 Å². The lowest BCUT2D eigenvalue weighted by Crippen LogP contribution is -2.30. The molecule has 0 saturated carbocycles. The molecule has 1 atom stereocenters. The van der Waals surface area contributed by atoms with Crippen LogP contribution in [0, 0.1) is 5.92 Å². The van der Waals surface area contributed by atoms with E-state index in [0.29, 0.717) is 23.2 Å². The van der Waals surface area contributed by atoms with Crippen molar-refractivity contribution in [3.63, 3.8) is 0 Å². The van der Waals surface area contributed by atoms with Crippen LogP contribution in [0.4, 0.5) is 17.5 Å². The molecule has 0 spiro atoms. The molecule has 4 rings (SSSR count). The second kappa shape index (κ2) is 8.32. The fourth-order valence-electron chi connectivity index (χ4n) is 2.93. The molecule has 0 aliphatic carbocycles. The predicted octanol–water partition coefficient (Wildman–Crippen LogP) is 3.44. The zero-order chi connectivity index (χ0) is 20.2. The Morgan fingerprint density at radius 1 is 1.03 bits per heavy atom. The first-order chi connectivity index (χ1) is 14.1. The summed E-state index contributed by atoms with van der Waals surface area (Å²) in [6, 6.07) is 12.9. The molecule has 3 aromatic rings. The molecule has 1 aliphatic heterocycles. The van der Waals surface area contributed by atoms with E-state index in [-0.39, 0.29) is 25.4 Å². The van der Waals surface area contributed by atoms with Crippen LogP contribution in [-0.4, -0.2) is 39.5 Å². The summed E-state index contributed by atoms with van der Waals surface area (Å²) in [6.07, 6.45) is 1.72. The molecule has 0 saturated heterocycles. The van der Waals surface area contributed by atoms with Gasteiger partial charge in [-0.1, -0.05) is 19.9 Å². The lowest BCUT2D eigenvalue weighted by molar-refractivity contribution is 0.174. The van der Waals surface area contributed by atoms with Crippen LogP contribution in [0.3, 0.4) is 0 Å². The summed E-state index contributed by atoms with van der Waals surface area (Å²) >= 11 is 0. The van der Waals surface area contributed by atoms with Gasteiger partial charge >= 0.3 is 0 Å². The van der Waals surface area contributed by atoms with Gasteiger partial charge in [-0.25, -0.2) is 4.98 Å². The van der Waals surface area contributed by atoms with Gasteiger partial charge in [0.25, 0.3) is 0 Å². The first kappa shape index (κ1) is 18.9. The van der Waals surface area contributed by atoms with Crippen molar-refractivity contribution in [1.82, 2.24) is 15.0 Å². The molecule has 0 bridgehead atoms. The quantitative estimate of drug-likeness (QED) is 0.561. The smallest absolute Gasteiger partial charge is 0.231 e. The van der Waals surface area contributed by atoms with Crippen molar-refractivity contribution < 1.29 is 14.6 Å². The predicted molar refractivity (Wildman–Crippen MR) is 110 cm³/mol. The minimum atomic E-state index is -0.160. The molecular formula is C21H23N5O3. The Morgan fingerprint density at radius 3 is 2.66 bits per heavy atom. The lowest BCUT2D eigenvalue weighted by atomic mass is 10.1. The number of hydrogen-bond donors (Lipinski definition) is 3. The Hall–Kier alpha value is -3.39. The van der Waals surface area contributed by atoms with Crippen molar-refractivity contribution in [2.45, 2.75) is 19.9 Å². The van der Waals surface area contributed by atoms with E-state index in [1.165, 1.54) is 0 Å². The first-order valence-corrected chi connectivity index (χ1v) is 9.47. The standard InChI is InChI=1S/C21H23N5O3/c1-13(2)17(11-27)25-21-24-16(15-5-3-4-8-22-15)10-20(26-21)23-14-6-7-18-19(9-14)29-12-28-18/h3-10,13,17,27H,11-12H2,1-2H3,(H2,23,24,25,26)/t17-/m0/s1. The van der Waals surface area contributed by atoms with Crippen molar-refractivity contribution in [2.24, 2.45) is 5.92 Å².